The Morgan fingerprint density at radius 2 is 1.88 bits per heavy atom. The Morgan fingerprint density at radius 3 is 2.56 bits per heavy atom. The molecule has 9 heteroatoms. The van der Waals surface area contributed by atoms with Crippen molar-refractivity contribution in [2.45, 2.75) is 20.8 Å². The van der Waals surface area contributed by atoms with Crippen molar-refractivity contribution in [3.05, 3.63) is 56.0 Å². The van der Waals surface area contributed by atoms with E-state index < -0.39 is 17.1 Å². The molecule has 3 rings (SSSR count). The van der Waals surface area contributed by atoms with Gasteiger partial charge >= 0.3 is 0 Å². The predicted molar refractivity (Wildman–Crippen MR) is 134 cm³/mol. The summed E-state index contributed by atoms with van der Waals surface area (Å²) in [5, 5.41) is 2.26. The number of anilines is 1. The number of ether oxygens (including phenoxy) is 2. The molecule has 2 aromatic rings. The van der Waals surface area contributed by atoms with E-state index in [1.54, 1.807) is 24.3 Å². The van der Waals surface area contributed by atoms with E-state index in [0.29, 0.717) is 36.0 Å². The Hall–Kier alpha value is -2.53. The van der Waals surface area contributed by atoms with Crippen LogP contribution in [-0.2, 0) is 9.59 Å². The van der Waals surface area contributed by atoms with E-state index >= 15 is 0 Å². The first-order valence-corrected chi connectivity index (χ1v) is 11.9. The van der Waals surface area contributed by atoms with Crippen molar-refractivity contribution in [1.29, 1.82) is 0 Å². The van der Waals surface area contributed by atoms with Crippen molar-refractivity contribution in [3.8, 4) is 11.5 Å². The van der Waals surface area contributed by atoms with E-state index in [9.17, 15) is 14.4 Å². The number of nitrogens with zero attached hydrogens (tertiary/aromatic N) is 1. The first-order chi connectivity index (χ1) is 15.3. The van der Waals surface area contributed by atoms with E-state index in [1.165, 1.54) is 0 Å². The van der Waals surface area contributed by atoms with Gasteiger partial charge in [0.15, 0.2) is 11.5 Å². The summed E-state index contributed by atoms with van der Waals surface area (Å²) in [6.45, 7) is 6.26. The van der Waals surface area contributed by atoms with Crippen LogP contribution in [0.15, 0.2) is 41.3 Å². The monoisotopic (exact) mass is 566 g/mol. The zero-order valence-corrected chi connectivity index (χ0v) is 20.9. The number of nitrogens with one attached hydrogen (secondary N) is 1. The molecular weight excluding hydrogens is 543 g/mol. The molecule has 0 aromatic heterocycles. The number of imide groups is 1. The molecule has 3 amide bonds. The minimum atomic E-state index is -0.498. The van der Waals surface area contributed by atoms with Gasteiger partial charge in [-0.1, -0.05) is 18.2 Å². The SMILES string of the molecule is CCOc1cc(/C=C2/SC(=O)N(CC(=O)Nc3ccccc3C)C2=O)cc(I)c1OCC. The van der Waals surface area contributed by atoms with Crippen molar-refractivity contribution in [3.63, 3.8) is 0 Å². The summed E-state index contributed by atoms with van der Waals surface area (Å²) < 4.78 is 12.2. The molecule has 0 aliphatic carbocycles. The van der Waals surface area contributed by atoms with Gasteiger partial charge < -0.3 is 14.8 Å². The van der Waals surface area contributed by atoms with Gasteiger partial charge in [-0.2, -0.15) is 0 Å². The molecule has 0 saturated carbocycles. The lowest BCUT2D eigenvalue weighted by molar-refractivity contribution is -0.127. The second-order valence-corrected chi connectivity index (χ2v) is 8.98. The molecule has 0 unspecified atom stereocenters. The van der Waals surface area contributed by atoms with Crippen LogP contribution >= 0.6 is 34.4 Å². The lowest BCUT2D eigenvalue weighted by Crippen LogP contribution is -2.36. The van der Waals surface area contributed by atoms with Crippen LogP contribution < -0.4 is 14.8 Å². The second kappa shape index (κ2) is 10.9. The molecule has 0 radical (unpaired) electrons. The Bertz CT molecular complexity index is 1090. The standard InChI is InChI=1S/C23H23IN2O5S/c1-4-30-18-11-15(10-16(24)21(18)31-5-2)12-19-22(28)26(23(29)32-19)13-20(27)25-17-9-7-6-8-14(17)3/h6-12H,4-5,13H2,1-3H3,(H,25,27)/b19-12+. The average Bonchev–Trinajstić information content (AvgIpc) is 3.00. The highest BCUT2D eigenvalue weighted by Gasteiger charge is 2.36. The highest BCUT2D eigenvalue weighted by atomic mass is 127. The molecule has 0 bridgehead atoms. The van der Waals surface area contributed by atoms with Gasteiger partial charge in [0.1, 0.15) is 6.54 Å². The number of carbonyl (C=O) groups is 3. The maximum Gasteiger partial charge on any atom is 0.294 e. The van der Waals surface area contributed by atoms with E-state index in [1.807, 2.05) is 39.0 Å². The van der Waals surface area contributed by atoms with Crippen LogP contribution in [0.3, 0.4) is 0 Å². The van der Waals surface area contributed by atoms with Crippen LogP contribution in [0.5, 0.6) is 11.5 Å². The fourth-order valence-corrected chi connectivity index (χ4v) is 4.67. The number of halogens is 1. The Labute approximate surface area is 204 Å². The maximum absolute atomic E-state index is 12.8. The predicted octanol–water partition coefficient (Wildman–Crippen LogP) is 5.07. The van der Waals surface area contributed by atoms with Gasteiger partial charge in [-0.25, -0.2) is 0 Å². The van der Waals surface area contributed by atoms with Gasteiger partial charge in [-0.3, -0.25) is 19.3 Å². The number of carbonyl (C=O) groups excluding carboxylic acids is 3. The van der Waals surface area contributed by atoms with E-state index in [2.05, 4.69) is 27.9 Å². The molecule has 1 heterocycles. The first kappa shape index (κ1) is 24.1. The molecule has 7 nitrogen and oxygen atoms in total. The highest BCUT2D eigenvalue weighted by Crippen LogP contribution is 2.37. The fourth-order valence-electron chi connectivity index (χ4n) is 3.05. The lowest BCUT2D eigenvalue weighted by atomic mass is 10.2. The van der Waals surface area contributed by atoms with Crippen LogP contribution in [-0.4, -0.2) is 41.7 Å². The summed E-state index contributed by atoms with van der Waals surface area (Å²) in [4.78, 5) is 38.9. The normalized spacial score (nSPS) is 14.8. The smallest absolute Gasteiger partial charge is 0.294 e. The van der Waals surface area contributed by atoms with Crippen LogP contribution in [0.4, 0.5) is 10.5 Å². The molecule has 168 valence electrons. The van der Waals surface area contributed by atoms with E-state index in [4.69, 9.17) is 9.47 Å². The van der Waals surface area contributed by atoms with Crippen molar-refractivity contribution < 1.29 is 23.9 Å². The number of hydrogen-bond acceptors (Lipinski definition) is 6. The topological polar surface area (TPSA) is 84.9 Å². The summed E-state index contributed by atoms with van der Waals surface area (Å²) in [6, 6.07) is 10.9. The number of thioether (sulfide) groups is 1. The Kier molecular flexibility index (Phi) is 8.19. The maximum atomic E-state index is 12.8. The second-order valence-electron chi connectivity index (χ2n) is 6.83. The summed E-state index contributed by atoms with van der Waals surface area (Å²) >= 11 is 2.96. The molecular formula is C23H23IN2O5S. The number of benzene rings is 2. The van der Waals surface area contributed by atoms with Crippen LogP contribution in [0.25, 0.3) is 6.08 Å². The van der Waals surface area contributed by atoms with Gasteiger partial charge in [-0.15, -0.1) is 0 Å². The molecule has 1 aliphatic heterocycles. The number of hydrogen-bond donors (Lipinski definition) is 1. The van der Waals surface area contributed by atoms with E-state index in [-0.39, 0.29) is 11.4 Å². The minimum Gasteiger partial charge on any atom is -0.490 e. The first-order valence-electron chi connectivity index (χ1n) is 10.0. The fraction of sp³-hybridized carbons (Fsp3) is 0.261. The van der Waals surface area contributed by atoms with E-state index in [0.717, 1.165) is 25.8 Å². The largest absolute Gasteiger partial charge is 0.490 e. The van der Waals surface area contributed by atoms with Gasteiger partial charge in [0.25, 0.3) is 11.1 Å². The number of amides is 3. The average molecular weight is 566 g/mol. The number of aryl methyl sites for hydroxylation is 1. The third kappa shape index (κ3) is 5.63. The lowest BCUT2D eigenvalue weighted by Gasteiger charge is -2.14. The van der Waals surface area contributed by atoms with Gasteiger partial charge in [0.2, 0.25) is 5.91 Å². The number of para-hydroxylation sites is 1. The summed E-state index contributed by atoms with van der Waals surface area (Å²) in [5.41, 5.74) is 2.24. The molecule has 1 saturated heterocycles. The van der Waals surface area contributed by atoms with Crippen molar-refractivity contribution in [2.75, 3.05) is 25.1 Å². The Balaban J connectivity index is 1.78. The van der Waals surface area contributed by atoms with Crippen LogP contribution in [0.1, 0.15) is 25.0 Å². The third-order valence-corrected chi connectivity index (χ3v) is 6.22. The molecule has 0 spiro atoms. The third-order valence-electron chi connectivity index (χ3n) is 4.51. The van der Waals surface area contributed by atoms with Crippen molar-refractivity contribution >= 4 is 63.2 Å². The summed E-state index contributed by atoms with van der Waals surface area (Å²) in [5.74, 6) is 0.288. The molecule has 1 N–H and O–H groups in total. The molecule has 1 aliphatic rings. The summed E-state index contributed by atoms with van der Waals surface area (Å²) in [6.07, 6.45) is 1.63. The van der Waals surface area contributed by atoms with Crippen LogP contribution in [0.2, 0.25) is 0 Å². The Morgan fingerprint density at radius 1 is 1.16 bits per heavy atom. The quantitative estimate of drug-likeness (QED) is 0.355. The van der Waals surface area contributed by atoms with Gasteiger partial charge in [0.05, 0.1) is 21.7 Å². The summed E-state index contributed by atoms with van der Waals surface area (Å²) in [7, 11) is 0. The minimum absolute atomic E-state index is 0.251. The zero-order valence-electron chi connectivity index (χ0n) is 17.9. The zero-order chi connectivity index (χ0) is 23.3. The molecule has 0 atom stereocenters. The highest BCUT2D eigenvalue weighted by molar-refractivity contribution is 14.1. The van der Waals surface area contributed by atoms with Crippen molar-refractivity contribution in [1.82, 2.24) is 4.90 Å². The molecule has 1 fully saturated rings. The van der Waals surface area contributed by atoms with Gasteiger partial charge in [0, 0.05) is 5.69 Å². The molecule has 2 aromatic carbocycles. The van der Waals surface area contributed by atoms with Crippen LogP contribution in [0, 0.1) is 10.5 Å². The molecule has 32 heavy (non-hydrogen) atoms. The van der Waals surface area contributed by atoms with Crippen molar-refractivity contribution in [2.24, 2.45) is 0 Å². The number of rotatable bonds is 8. The van der Waals surface area contributed by atoms with Gasteiger partial charge in [-0.05, 0) is 90.5 Å².